The maximum Gasteiger partial charge on any atom is 0.433 e. The van der Waals surface area contributed by atoms with Crippen LogP contribution in [0.3, 0.4) is 0 Å². The zero-order valence-corrected chi connectivity index (χ0v) is 21.2. The van der Waals surface area contributed by atoms with Gasteiger partial charge in [-0.15, -0.1) is 0 Å². The van der Waals surface area contributed by atoms with E-state index in [4.69, 9.17) is 0 Å². The molecule has 1 atom stereocenters. The summed E-state index contributed by atoms with van der Waals surface area (Å²) < 4.78 is 86.3. The molecule has 0 amide bonds. The Morgan fingerprint density at radius 1 is 1.11 bits per heavy atom. The van der Waals surface area contributed by atoms with Crippen molar-refractivity contribution in [1.29, 1.82) is 0 Å². The molecule has 1 aliphatic carbocycles. The fourth-order valence-corrected chi connectivity index (χ4v) is 6.49. The molecule has 0 N–H and O–H groups in total. The van der Waals surface area contributed by atoms with Crippen LogP contribution in [0, 0.1) is 0 Å². The fraction of sp³-hybridized carbons (Fsp3) is 0.476. The molecular weight excluding hydrogens is 505 g/mol. The summed E-state index contributed by atoms with van der Waals surface area (Å²) in [6.07, 6.45) is -0.458. The molecule has 14 heteroatoms. The second-order valence-corrected chi connectivity index (χ2v) is 13.1. The summed E-state index contributed by atoms with van der Waals surface area (Å²) >= 11 is 0. The summed E-state index contributed by atoms with van der Waals surface area (Å²) in [5, 5.41) is 0. The van der Waals surface area contributed by atoms with E-state index >= 15 is 0 Å². The molecule has 3 heterocycles. The first-order valence-corrected chi connectivity index (χ1v) is 14.2. The minimum atomic E-state index is -4.65. The monoisotopic (exact) mass is 530 g/mol. The standard InChI is InChI=1S/C21H25F3N6O3S2/c1-5-34(31,32)17-9-13(28-35(33,6-2)30(4)14-7-8-14)11-26-19(17)20-27-15-10-18(21(22,23)24)25-12-16(15)29(20)3/h9-12,14H,5-8H2,1-4H3. The second-order valence-electron chi connectivity index (χ2n) is 8.26. The van der Waals surface area contributed by atoms with Crippen LogP contribution in [0.5, 0.6) is 0 Å². The molecule has 4 rings (SSSR count). The molecule has 0 saturated heterocycles. The Morgan fingerprint density at radius 3 is 2.37 bits per heavy atom. The molecule has 0 spiro atoms. The lowest BCUT2D eigenvalue weighted by Gasteiger charge is -2.20. The highest BCUT2D eigenvalue weighted by atomic mass is 32.2. The topological polar surface area (TPSA) is 110 Å². The third-order valence-electron chi connectivity index (χ3n) is 5.96. The van der Waals surface area contributed by atoms with Gasteiger partial charge in [-0.25, -0.2) is 31.9 Å². The Morgan fingerprint density at radius 2 is 1.80 bits per heavy atom. The summed E-state index contributed by atoms with van der Waals surface area (Å²) in [6, 6.07) is 2.28. The van der Waals surface area contributed by atoms with Crippen molar-refractivity contribution in [3.63, 3.8) is 0 Å². The molecule has 1 saturated carbocycles. The highest BCUT2D eigenvalue weighted by molar-refractivity contribution is 7.91. The van der Waals surface area contributed by atoms with Gasteiger partial charge in [0.05, 0.1) is 39.8 Å². The van der Waals surface area contributed by atoms with Crippen LogP contribution in [-0.2, 0) is 33.0 Å². The number of aryl methyl sites for hydroxylation is 1. The minimum absolute atomic E-state index is 0.000274. The average molecular weight is 531 g/mol. The first-order chi connectivity index (χ1) is 16.3. The zero-order chi connectivity index (χ0) is 25.8. The van der Waals surface area contributed by atoms with Crippen LogP contribution in [0.1, 0.15) is 32.4 Å². The summed E-state index contributed by atoms with van der Waals surface area (Å²) in [5.74, 6) is 0.0580. The van der Waals surface area contributed by atoms with Gasteiger partial charge < -0.3 is 4.57 Å². The van der Waals surface area contributed by atoms with Crippen molar-refractivity contribution in [2.45, 2.75) is 43.8 Å². The Labute approximate surface area is 201 Å². The normalized spacial score (nSPS) is 16.6. The Balaban J connectivity index is 1.90. The first kappa shape index (κ1) is 25.5. The van der Waals surface area contributed by atoms with E-state index in [0.29, 0.717) is 0 Å². The predicted molar refractivity (Wildman–Crippen MR) is 126 cm³/mol. The Hall–Kier alpha value is -2.58. The number of fused-ring (bicyclic) bond motifs is 1. The van der Waals surface area contributed by atoms with Crippen molar-refractivity contribution in [3.05, 3.63) is 30.2 Å². The lowest BCUT2D eigenvalue weighted by Crippen LogP contribution is -2.30. The lowest BCUT2D eigenvalue weighted by molar-refractivity contribution is -0.141. The lowest BCUT2D eigenvalue weighted by atomic mass is 10.3. The van der Waals surface area contributed by atoms with Gasteiger partial charge in [-0.2, -0.15) is 17.5 Å². The molecule has 190 valence electrons. The average Bonchev–Trinajstić information content (AvgIpc) is 3.61. The van der Waals surface area contributed by atoms with Crippen LogP contribution in [0.2, 0.25) is 0 Å². The van der Waals surface area contributed by atoms with Crippen molar-refractivity contribution in [1.82, 2.24) is 23.8 Å². The highest BCUT2D eigenvalue weighted by Gasteiger charge is 2.34. The number of alkyl halides is 3. The largest absolute Gasteiger partial charge is 0.433 e. The number of hydrogen-bond donors (Lipinski definition) is 0. The Kier molecular flexibility index (Phi) is 6.43. The maximum absolute atomic E-state index is 13.4. The van der Waals surface area contributed by atoms with Crippen LogP contribution in [0.25, 0.3) is 22.6 Å². The summed E-state index contributed by atoms with van der Waals surface area (Å²) in [4.78, 5) is 11.8. The van der Waals surface area contributed by atoms with Crippen molar-refractivity contribution in [2.24, 2.45) is 11.4 Å². The van der Waals surface area contributed by atoms with Crippen molar-refractivity contribution < 1.29 is 25.8 Å². The van der Waals surface area contributed by atoms with Crippen molar-refractivity contribution in [2.75, 3.05) is 18.6 Å². The molecule has 0 radical (unpaired) electrons. The van der Waals surface area contributed by atoms with E-state index in [1.54, 1.807) is 18.3 Å². The molecular formula is C21H25F3N6O3S2. The van der Waals surface area contributed by atoms with Gasteiger partial charge >= 0.3 is 6.18 Å². The van der Waals surface area contributed by atoms with Gasteiger partial charge in [0.25, 0.3) is 0 Å². The van der Waals surface area contributed by atoms with Crippen molar-refractivity contribution >= 4 is 36.5 Å². The maximum atomic E-state index is 13.4. The van der Waals surface area contributed by atoms with E-state index in [1.165, 1.54) is 30.8 Å². The molecule has 3 aromatic rings. The Bertz CT molecular complexity index is 1520. The van der Waals surface area contributed by atoms with E-state index in [2.05, 4.69) is 19.3 Å². The van der Waals surface area contributed by atoms with Gasteiger partial charge in [-0.1, -0.05) is 13.8 Å². The van der Waals surface area contributed by atoms with Crippen LogP contribution in [-0.4, -0.2) is 61.0 Å². The quantitative estimate of drug-likeness (QED) is 0.457. The van der Waals surface area contributed by atoms with Crippen molar-refractivity contribution in [3.8, 4) is 11.5 Å². The molecule has 9 nitrogen and oxygen atoms in total. The molecule has 35 heavy (non-hydrogen) atoms. The van der Waals surface area contributed by atoms with Crippen LogP contribution < -0.4 is 0 Å². The van der Waals surface area contributed by atoms with Gasteiger partial charge in [0.1, 0.15) is 21.3 Å². The number of imidazole rings is 1. The smallest absolute Gasteiger partial charge is 0.324 e. The third kappa shape index (κ3) is 4.78. The number of rotatable bonds is 7. The van der Waals surface area contributed by atoms with Crippen LogP contribution in [0.15, 0.2) is 33.8 Å². The molecule has 1 unspecified atom stereocenters. The predicted octanol–water partition coefficient (Wildman–Crippen LogP) is 3.97. The van der Waals surface area contributed by atoms with Gasteiger partial charge in [0.15, 0.2) is 15.7 Å². The summed E-state index contributed by atoms with van der Waals surface area (Å²) in [7, 11) is -3.38. The SMILES string of the molecule is CCS(=O)(=O)c1cc(N=S(=O)(CC)N(C)C2CC2)cnc1-c1nc2cc(C(F)(F)F)ncc2n1C. The summed E-state index contributed by atoms with van der Waals surface area (Å²) in [5.41, 5.74) is -0.715. The van der Waals surface area contributed by atoms with Crippen LogP contribution in [0.4, 0.5) is 18.9 Å². The third-order valence-corrected chi connectivity index (χ3v) is 10.1. The number of hydrogen-bond acceptors (Lipinski definition) is 7. The van der Waals surface area contributed by atoms with Gasteiger partial charge in [0.2, 0.25) is 0 Å². The molecule has 0 bridgehead atoms. The minimum Gasteiger partial charge on any atom is -0.324 e. The van der Waals surface area contributed by atoms with E-state index < -0.39 is 31.6 Å². The molecule has 1 aliphatic rings. The molecule has 0 aliphatic heterocycles. The van der Waals surface area contributed by atoms with Crippen LogP contribution >= 0.6 is 0 Å². The fourth-order valence-electron chi connectivity index (χ4n) is 3.67. The first-order valence-electron chi connectivity index (χ1n) is 10.9. The van der Waals surface area contributed by atoms with Gasteiger partial charge in [0, 0.05) is 25.9 Å². The molecule has 3 aromatic heterocycles. The number of pyridine rings is 2. The number of aromatic nitrogens is 4. The highest BCUT2D eigenvalue weighted by Crippen LogP contribution is 2.35. The van der Waals surface area contributed by atoms with E-state index in [1.807, 2.05) is 0 Å². The van der Waals surface area contributed by atoms with E-state index in [9.17, 15) is 25.8 Å². The summed E-state index contributed by atoms with van der Waals surface area (Å²) in [6.45, 7) is 3.21. The number of halogens is 3. The number of nitrogens with zero attached hydrogens (tertiary/aromatic N) is 6. The molecule has 0 aromatic carbocycles. The second kappa shape index (κ2) is 8.82. The van der Waals surface area contributed by atoms with E-state index in [-0.39, 0.29) is 50.7 Å². The van der Waals surface area contributed by atoms with Gasteiger partial charge in [-0.3, -0.25) is 0 Å². The van der Waals surface area contributed by atoms with E-state index in [0.717, 1.165) is 25.1 Å². The molecule has 1 fully saturated rings. The zero-order valence-electron chi connectivity index (χ0n) is 19.6. The number of sulfone groups is 1. The van der Waals surface area contributed by atoms with Gasteiger partial charge in [-0.05, 0) is 25.0 Å².